The van der Waals surface area contributed by atoms with Gasteiger partial charge in [0, 0.05) is 0 Å². The fraction of sp³-hybridized carbons (Fsp3) is 0.115. The maximum atomic E-state index is 13.8. The number of amides is 1. The van der Waals surface area contributed by atoms with E-state index in [9.17, 15) is 14.0 Å². The minimum Gasteiger partial charge on any atom is -0.494 e. The van der Waals surface area contributed by atoms with Crippen molar-refractivity contribution in [2.24, 2.45) is 0 Å². The van der Waals surface area contributed by atoms with Gasteiger partial charge in [-0.25, -0.2) is 9.37 Å². The molecule has 0 aliphatic carbocycles. The molecule has 8 heteroatoms. The number of para-hydroxylation sites is 1. The molecule has 3 heterocycles. The third-order valence-corrected chi connectivity index (χ3v) is 6.83. The topological polar surface area (TPSA) is 72.6 Å². The van der Waals surface area contributed by atoms with Gasteiger partial charge in [-0.2, -0.15) is 0 Å². The van der Waals surface area contributed by atoms with Crippen LogP contribution in [-0.2, 0) is 0 Å². The summed E-state index contributed by atoms with van der Waals surface area (Å²) < 4.78 is 26.0. The molecule has 0 radical (unpaired) electrons. The largest absolute Gasteiger partial charge is 0.494 e. The van der Waals surface area contributed by atoms with Crippen LogP contribution < -0.4 is 15.1 Å². The van der Waals surface area contributed by atoms with E-state index in [4.69, 9.17) is 9.15 Å². The minimum absolute atomic E-state index is 0.0130. The normalized spacial score (nSPS) is 15.3. The average molecular weight is 472 g/mol. The Bertz CT molecular complexity index is 1660. The summed E-state index contributed by atoms with van der Waals surface area (Å²) in [5.74, 6) is -0.245. The van der Waals surface area contributed by atoms with Crippen molar-refractivity contribution >= 4 is 43.6 Å². The number of benzene rings is 3. The van der Waals surface area contributed by atoms with Crippen LogP contribution in [0.2, 0.25) is 0 Å². The van der Waals surface area contributed by atoms with Gasteiger partial charge in [0.05, 0.1) is 33.8 Å². The Morgan fingerprint density at radius 1 is 1.09 bits per heavy atom. The molecule has 6 rings (SSSR count). The first-order chi connectivity index (χ1) is 16.5. The number of ether oxygens (including phenoxy) is 1. The van der Waals surface area contributed by atoms with Gasteiger partial charge in [-0.05, 0) is 55.0 Å². The predicted molar refractivity (Wildman–Crippen MR) is 128 cm³/mol. The van der Waals surface area contributed by atoms with Crippen LogP contribution in [0.15, 0.2) is 75.9 Å². The number of carbonyl (C=O) groups is 1. The first kappa shape index (κ1) is 20.6. The van der Waals surface area contributed by atoms with E-state index in [-0.39, 0.29) is 22.6 Å². The summed E-state index contributed by atoms with van der Waals surface area (Å²) in [6.45, 7) is 2.36. The lowest BCUT2D eigenvalue weighted by molar-refractivity contribution is 0.0971. The molecule has 0 saturated heterocycles. The Kier molecular flexibility index (Phi) is 4.70. The van der Waals surface area contributed by atoms with Crippen LogP contribution in [0.25, 0.3) is 21.2 Å². The number of anilines is 1. The summed E-state index contributed by atoms with van der Waals surface area (Å²) in [5, 5.41) is 0.750. The van der Waals surface area contributed by atoms with Gasteiger partial charge in [0.15, 0.2) is 10.6 Å². The molecular weight excluding hydrogens is 455 g/mol. The van der Waals surface area contributed by atoms with E-state index < -0.39 is 11.9 Å². The van der Waals surface area contributed by atoms with E-state index in [1.54, 1.807) is 30.3 Å². The zero-order valence-corrected chi connectivity index (χ0v) is 18.8. The van der Waals surface area contributed by atoms with Crippen LogP contribution >= 0.6 is 11.3 Å². The third-order valence-electron chi connectivity index (χ3n) is 5.81. The number of hydrogen-bond donors (Lipinski definition) is 0. The lowest BCUT2D eigenvalue weighted by Crippen LogP contribution is -2.29. The van der Waals surface area contributed by atoms with Crippen LogP contribution in [0.4, 0.5) is 9.52 Å². The van der Waals surface area contributed by atoms with Gasteiger partial charge < -0.3 is 9.15 Å². The number of halogens is 1. The molecule has 6 nitrogen and oxygen atoms in total. The molecule has 0 bridgehead atoms. The molecule has 3 aromatic carbocycles. The highest BCUT2D eigenvalue weighted by molar-refractivity contribution is 7.22. The van der Waals surface area contributed by atoms with Gasteiger partial charge in [0.1, 0.15) is 17.1 Å². The lowest BCUT2D eigenvalue weighted by atomic mass is 9.98. The first-order valence-corrected chi connectivity index (χ1v) is 11.5. The average Bonchev–Trinajstić information content (AvgIpc) is 3.38. The summed E-state index contributed by atoms with van der Waals surface area (Å²) in [5.41, 5.74) is 1.58. The Morgan fingerprint density at radius 3 is 2.79 bits per heavy atom. The van der Waals surface area contributed by atoms with E-state index in [1.807, 2.05) is 31.2 Å². The fourth-order valence-corrected chi connectivity index (χ4v) is 5.38. The Hall–Kier alpha value is -4.04. The highest BCUT2D eigenvalue weighted by atomic mass is 32.1. The highest BCUT2D eigenvalue weighted by Crippen LogP contribution is 2.44. The second kappa shape index (κ2) is 7.78. The Balaban J connectivity index is 1.62. The van der Waals surface area contributed by atoms with E-state index in [0.29, 0.717) is 44.2 Å². The Labute approximate surface area is 196 Å². The number of fused-ring (bicyclic) bond motifs is 3. The van der Waals surface area contributed by atoms with E-state index in [1.165, 1.54) is 28.4 Å². The number of hydrogen-bond acceptors (Lipinski definition) is 6. The second-order valence-corrected chi connectivity index (χ2v) is 8.87. The predicted octanol–water partition coefficient (Wildman–Crippen LogP) is 5.69. The first-order valence-electron chi connectivity index (χ1n) is 10.7. The standard InChI is InChI=1S/C26H17FN2O4S/c1-2-32-16-7-5-6-14(12-16)22-21-23(30)17-8-3-4-9-19(17)33-24(21)25(31)29(22)26-28-18-11-10-15(27)13-20(18)34-26/h3-13,22H,2H2,1H3. The number of carbonyl (C=O) groups excluding carboxylic acids is 1. The number of aromatic nitrogens is 1. The zero-order valence-electron chi connectivity index (χ0n) is 17.9. The van der Waals surface area contributed by atoms with Crippen molar-refractivity contribution in [2.45, 2.75) is 13.0 Å². The molecule has 0 N–H and O–H groups in total. The molecule has 1 aliphatic heterocycles. The molecule has 1 atom stereocenters. The summed E-state index contributed by atoms with van der Waals surface area (Å²) in [6, 6.07) is 17.6. The second-order valence-electron chi connectivity index (χ2n) is 7.86. The molecule has 2 aromatic heterocycles. The molecule has 1 unspecified atom stereocenters. The summed E-state index contributed by atoms with van der Waals surface area (Å²) >= 11 is 1.19. The molecule has 5 aromatic rings. The van der Waals surface area contributed by atoms with Gasteiger partial charge in [-0.15, -0.1) is 0 Å². The van der Waals surface area contributed by atoms with Gasteiger partial charge in [0.2, 0.25) is 5.76 Å². The molecule has 1 amide bonds. The zero-order chi connectivity index (χ0) is 23.4. The molecule has 34 heavy (non-hydrogen) atoms. The van der Waals surface area contributed by atoms with E-state index >= 15 is 0 Å². The van der Waals surface area contributed by atoms with Crippen LogP contribution in [0.1, 0.15) is 34.6 Å². The summed E-state index contributed by atoms with van der Waals surface area (Å²) in [6.07, 6.45) is 0. The monoisotopic (exact) mass is 472 g/mol. The van der Waals surface area contributed by atoms with Crippen molar-refractivity contribution in [3.8, 4) is 5.75 Å². The molecular formula is C26H17FN2O4S. The van der Waals surface area contributed by atoms with Crippen molar-refractivity contribution in [3.63, 3.8) is 0 Å². The molecule has 1 aliphatic rings. The van der Waals surface area contributed by atoms with Crippen molar-refractivity contribution in [1.82, 2.24) is 4.98 Å². The minimum atomic E-state index is -0.769. The number of rotatable bonds is 4. The maximum Gasteiger partial charge on any atom is 0.297 e. The van der Waals surface area contributed by atoms with Crippen LogP contribution in [-0.4, -0.2) is 17.5 Å². The third kappa shape index (κ3) is 3.10. The van der Waals surface area contributed by atoms with Gasteiger partial charge in [-0.3, -0.25) is 14.5 Å². The van der Waals surface area contributed by atoms with Gasteiger partial charge >= 0.3 is 0 Å². The Morgan fingerprint density at radius 2 is 1.94 bits per heavy atom. The summed E-state index contributed by atoms with van der Waals surface area (Å²) in [7, 11) is 0. The maximum absolute atomic E-state index is 13.8. The van der Waals surface area contributed by atoms with E-state index in [0.717, 1.165) is 0 Å². The van der Waals surface area contributed by atoms with Crippen LogP contribution in [0.3, 0.4) is 0 Å². The quantitative estimate of drug-likeness (QED) is 0.336. The molecule has 0 saturated carbocycles. The highest BCUT2D eigenvalue weighted by Gasteiger charge is 2.45. The number of thiazole rings is 1. The number of nitrogens with zero attached hydrogens (tertiary/aromatic N) is 2. The smallest absolute Gasteiger partial charge is 0.297 e. The van der Waals surface area contributed by atoms with E-state index in [2.05, 4.69) is 4.98 Å². The molecule has 0 spiro atoms. The fourth-order valence-electron chi connectivity index (χ4n) is 4.36. The van der Waals surface area contributed by atoms with Gasteiger partial charge in [-0.1, -0.05) is 35.6 Å². The summed E-state index contributed by atoms with van der Waals surface area (Å²) in [4.78, 5) is 33.3. The molecule has 168 valence electrons. The van der Waals surface area contributed by atoms with Crippen LogP contribution in [0, 0.1) is 5.82 Å². The van der Waals surface area contributed by atoms with Gasteiger partial charge in [0.25, 0.3) is 5.91 Å². The SMILES string of the molecule is CCOc1cccc(C2c3c(oc4ccccc4c3=O)C(=O)N2c2nc3ccc(F)cc3s2)c1. The molecule has 0 fully saturated rings. The van der Waals surface area contributed by atoms with Crippen molar-refractivity contribution in [2.75, 3.05) is 11.5 Å². The van der Waals surface area contributed by atoms with Crippen LogP contribution in [0.5, 0.6) is 5.75 Å². The van der Waals surface area contributed by atoms with Crippen molar-refractivity contribution < 1.29 is 18.3 Å². The van der Waals surface area contributed by atoms with Crippen molar-refractivity contribution in [1.29, 1.82) is 0 Å². The van der Waals surface area contributed by atoms with Crippen molar-refractivity contribution in [3.05, 3.63) is 99.7 Å². The lowest BCUT2D eigenvalue weighted by Gasteiger charge is -2.23.